The van der Waals surface area contributed by atoms with Crippen LogP contribution < -0.4 is 15.0 Å². The maximum atomic E-state index is 13.4. The first-order chi connectivity index (χ1) is 14.4. The molecule has 1 N–H and O–H groups in total. The maximum Gasteiger partial charge on any atom is 0.282 e. The van der Waals surface area contributed by atoms with Gasteiger partial charge >= 0.3 is 0 Å². The number of benzene rings is 2. The Kier molecular flexibility index (Phi) is 5.56. The fourth-order valence-corrected chi connectivity index (χ4v) is 4.37. The standard InChI is InChI=1S/C22H16Cl2N2O3S/c1-12-14(24)5-3-6-16(12)26-21(27)19(18-7-4-10-30-18)20(22(26)28)25-15-11-13(23)8-9-17(15)29-2/h3-11,25H,1-2H3. The number of hydrogen-bond donors (Lipinski definition) is 1. The van der Waals surface area contributed by atoms with Gasteiger partial charge in [-0.15, -0.1) is 11.3 Å². The molecule has 0 aliphatic carbocycles. The number of ether oxygens (including phenoxy) is 1. The number of carbonyl (C=O) groups excluding carboxylic acids is 2. The van der Waals surface area contributed by atoms with Crippen LogP contribution in [0, 0.1) is 6.92 Å². The van der Waals surface area contributed by atoms with Crippen LogP contribution in [0.2, 0.25) is 10.0 Å². The molecule has 0 atom stereocenters. The Labute approximate surface area is 187 Å². The number of hydrogen-bond acceptors (Lipinski definition) is 5. The third-order valence-electron chi connectivity index (χ3n) is 4.75. The van der Waals surface area contributed by atoms with Crippen molar-refractivity contribution in [1.82, 2.24) is 0 Å². The average molecular weight is 459 g/mol. The van der Waals surface area contributed by atoms with Crippen LogP contribution in [-0.4, -0.2) is 18.9 Å². The highest BCUT2D eigenvalue weighted by Gasteiger charge is 2.41. The molecule has 152 valence electrons. The normalized spacial score (nSPS) is 13.9. The summed E-state index contributed by atoms with van der Waals surface area (Å²) in [6, 6.07) is 13.8. The average Bonchev–Trinajstić information content (AvgIpc) is 3.32. The number of nitrogens with zero attached hydrogens (tertiary/aromatic N) is 1. The third kappa shape index (κ3) is 3.47. The van der Waals surface area contributed by atoms with E-state index < -0.39 is 11.8 Å². The van der Waals surface area contributed by atoms with Gasteiger partial charge in [-0.1, -0.05) is 35.3 Å². The van der Waals surface area contributed by atoms with E-state index in [2.05, 4.69) is 5.32 Å². The minimum Gasteiger partial charge on any atom is -0.495 e. The predicted molar refractivity (Wildman–Crippen MR) is 122 cm³/mol. The van der Waals surface area contributed by atoms with Crippen LogP contribution in [0.25, 0.3) is 5.57 Å². The molecule has 0 spiro atoms. The molecule has 3 aromatic rings. The SMILES string of the molecule is COc1ccc(Cl)cc1NC1=C(c2cccs2)C(=O)N(c2cccc(Cl)c2C)C1=O. The molecule has 5 nitrogen and oxygen atoms in total. The maximum absolute atomic E-state index is 13.4. The summed E-state index contributed by atoms with van der Waals surface area (Å²) < 4.78 is 5.38. The topological polar surface area (TPSA) is 58.6 Å². The third-order valence-corrected chi connectivity index (χ3v) is 6.28. The van der Waals surface area contributed by atoms with E-state index in [-0.39, 0.29) is 11.3 Å². The molecular formula is C22H16Cl2N2O3S. The largest absolute Gasteiger partial charge is 0.495 e. The second kappa shape index (κ2) is 8.14. The van der Waals surface area contributed by atoms with Crippen molar-refractivity contribution in [3.63, 3.8) is 0 Å². The van der Waals surface area contributed by atoms with Gasteiger partial charge in [0.1, 0.15) is 11.4 Å². The number of carbonyl (C=O) groups is 2. The Morgan fingerprint density at radius 3 is 2.53 bits per heavy atom. The number of halogens is 2. The van der Waals surface area contributed by atoms with Crippen molar-refractivity contribution in [1.29, 1.82) is 0 Å². The summed E-state index contributed by atoms with van der Waals surface area (Å²) in [5.41, 5.74) is 2.02. The van der Waals surface area contributed by atoms with Gasteiger partial charge in [0.25, 0.3) is 11.8 Å². The number of amides is 2. The summed E-state index contributed by atoms with van der Waals surface area (Å²) in [5, 5.41) is 5.88. The van der Waals surface area contributed by atoms with Crippen molar-refractivity contribution in [2.45, 2.75) is 6.92 Å². The van der Waals surface area contributed by atoms with Crippen molar-refractivity contribution >= 4 is 63.3 Å². The first kappa shape index (κ1) is 20.5. The lowest BCUT2D eigenvalue weighted by Gasteiger charge is -2.18. The molecule has 2 aromatic carbocycles. The molecule has 0 unspecified atom stereocenters. The summed E-state index contributed by atoms with van der Waals surface area (Å²) in [4.78, 5) is 28.7. The lowest BCUT2D eigenvalue weighted by Crippen LogP contribution is -2.33. The van der Waals surface area contributed by atoms with Gasteiger partial charge in [-0.25, -0.2) is 4.90 Å². The zero-order valence-electron chi connectivity index (χ0n) is 16.0. The molecule has 4 rings (SSSR count). The molecule has 0 saturated heterocycles. The van der Waals surface area contributed by atoms with Gasteiger partial charge in [-0.2, -0.15) is 0 Å². The molecular weight excluding hydrogens is 443 g/mol. The van der Waals surface area contributed by atoms with Gasteiger partial charge in [-0.3, -0.25) is 9.59 Å². The lowest BCUT2D eigenvalue weighted by molar-refractivity contribution is -0.120. The fourth-order valence-electron chi connectivity index (χ4n) is 3.26. The van der Waals surface area contributed by atoms with E-state index in [1.54, 1.807) is 49.4 Å². The predicted octanol–water partition coefficient (Wildman–Crippen LogP) is 5.77. The molecule has 8 heteroatoms. The van der Waals surface area contributed by atoms with Crippen LogP contribution in [0.3, 0.4) is 0 Å². The zero-order valence-corrected chi connectivity index (χ0v) is 18.4. The van der Waals surface area contributed by atoms with Gasteiger partial charge in [0.2, 0.25) is 0 Å². The van der Waals surface area contributed by atoms with Crippen molar-refractivity contribution in [3.05, 3.63) is 80.1 Å². The molecule has 0 saturated carbocycles. The van der Waals surface area contributed by atoms with Crippen molar-refractivity contribution in [3.8, 4) is 5.75 Å². The first-order valence-corrected chi connectivity index (χ1v) is 10.6. The summed E-state index contributed by atoms with van der Waals surface area (Å²) >= 11 is 13.8. The first-order valence-electron chi connectivity index (χ1n) is 8.95. The Balaban J connectivity index is 1.85. The molecule has 0 fully saturated rings. The summed E-state index contributed by atoms with van der Waals surface area (Å²) in [5.74, 6) is -0.401. The molecule has 1 aromatic heterocycles. The zero-order chi connectivity index (χ0) is 21.4. The van der Waals surface area contributed by atoms with E-state index in [1.807, 2.05) is 11.4 Å². The van der Waals surface area contributed by atoms with Gasteiger partial charge in [0.05, 0.1) is 24.1 Å². The Bertz CT molecular complexity index is 1190. The Morgan fingerprint density at radius 1 is 1.03 bits per heavy atom. The lowest BCUT2D eigenvalue weighted by atomic mass is 10.1. The van der Waals surface area contributed by atoms with Gasteiger partial charge < -0.3 is 10.1 Å². The molecule has 30 heavy (non-hydrogen) atoms. The van der Waals surface area contributed by atoms with Crippen molar-refractivity contribution in [2.75, 3.05) is 17.3 Å². The number of thiophene rings is 1. The minimum atomic E-state index is -0.476. The summed E-state index contributed by atoms with van der Waals surface area (Å²) in [7, 11) is 1.52. The van der Waals surface area contributed by atoms with E-state index in [0.717, 1.165) is 4.90 Å². The summed E-state index contributed by atoms with van der Waals surface area (Å²) in [6.45, 7) is 1.77. The highest BCUT2D eigenvalue weighted by Crippen LogP contribution is 2.39. The fraction of sp³-hybridized carbons (Fsp3) is 0.0909. The second-order valence-electron chi connectivity index (χ2n) is 6.53. The smallest absolute Gasteiger partial charge is 0.282 e. The molecule has 0 radical (unpaired) electrons. The quantitative estimate of drug-likeness (QED) is 0.493. The Morgan fingerprint density at radius 2 is 1.83 bits per heavy atom. The highest BCUT2D eigenvalue weighted by atomic mass is 35.5. The Hall–Kier alpha value is -2.80. The van der Waals surface area contributed by atoms with Crippen LogP contribution >= 0.6 is 34.5 Å². The molecule has 2 amide bonds. The number of rotatable bonds is 5. The van der Waals surface area contributed by atoms with Crippen LogP contribution in [0.15, 0.2) is 59.6 Å². The van der Waals surface area contributed by atoms with Gasteiger partial charge in [0, 0.05) is 14.9 Å². The van der Waals surface area contributed by atoms with E-state index >= 15 is 0 Å². The van der Waals surface area contributed by atoms with Crippen molar-refractivity contribution in [2.24, 2.45) is 0 Å². The van der Waals surface area contributed by atoms with E-state index in [1.165, 1.54) is 18.4 Å². The van der Waals surface area contributed by atoms with Crippen LogP contribution in [-0.2, 0) is 9.59 Å². The van der Waals surface area contributed by atoms with Crippen LogP contribution in [0.1, 0.15) is 10.4 Å². The molecule has 0 bridgehead atoms. The monoisotopic (exact) mass is 458 g/mol. The van der Waals surface area contributed by atoms with Crippen molar-refractivity contribution < 1.29 is 14.3 Å². The van der Waals surface area contributed by atoms with Crippen LogP contribution in [0.4, 0.5) is 11.4 Å². The molecule has 1 aliphatic heterocycles. The van der Waals surface area contributed by atoms with Gasteiger partial charge in [-0.05, 0) is 54.3 Å². The number of methoxy groups -OCH3 is 1. The number of anilines is 2. The van der Waals surface area contributed by atoms with E-state index in [0.29, 0.717) is 37.6 Å². The highest BCUT2D eigenvalue weighted by molar-refractivity contribution is 7.11. The molecule has 1 aliphatic rings. The number of imide groups is 1. The number of nitrogens with one attached hydrogen (secondary N) is 1. The van der Waals surface area contributed by atoms with E-state index in [4.69, 9.17) is 27.9 Å². The second-order valence-corrected chi connectivity index (χ2v) is 8.32. The summed E-state index contributed by atoms with van der Waals surface area (Å²) in [6.07, 6.45) is 0. The molecule has 2 heterocycles. The minimum absolute atomic E-state index is 0.155. The van der Waals surface area contributed by atoms with Gasteiger partial charge in [0.15, 0.2) is 0 Å². The van der Waals surface area contributed by atoms with E-state index in [9.17, 15) is 9.59 Å². The van der Waals surface area contributed by atoms with Crippen LogP contribution in [0.5, 0.6) is 5.75 Å².